The molecule has 4 bridgehead atoms. The Morgan fingerprint density at radius 2 is 1.78 bits per heavy atom. The molecule has 5 heteroatoms. The summed E-state index contributed by atoms with van der Waals surface area (Å²) < 4.78 is 0. The molecule has 27 heavy (non-hydrogen) atoms. The number of hydrogen-bond acceptors (Lipinski definition) is 3. The molecule has 5 fully saturated rings. The van der Waals surface area contributed by atoms with Crippen molar-refractivity contribution in [2.24, 2.45) is 23.7 Å². The molecule has 1 aromatic rings. The van der Waals surface area contributed by atoms with Gasteiger partial charge in [0.2, 0.25) is 0 Å². The third-order valence-corrected chi connectivity index (χ3v) is 7.41. The van der Waals surface area contributed by atoms with E-state index < -0.39 is 0 Å². The van der Waals surface area contributed by atoms with E-state index in [9.17, 15) is 9.59 Å². The molecular formula is C22H29N3O2. The fourth-order valence-corrected chi connectivity index (χ4v) is 6.66. The number of piperidine rings is 1. The summed E-state index contributed by atoms with van der Waals surface area (Å²) in [7, 11) is 0. The standard InChI is InChI=1S/C22H29N3O2/c26-20(19-5-1-2-6-23-19)18-4-3-7-25(14-18)21(27)24-22-11-15-8-16(12-22)10-17(9-15)13-22/h1-2,5-6,15-18H,3-4,7-14H2,(H,24,27). The summed E-state index contributed by atoms with van der Waals surface area (Å²) in [5, 5.41) is 3.45. The average molecular weight is 367 g/mol. The molecule has 1 atom stereocenters. The zero-order valence-corrected chi connectivity index (χ0v) is 15.9. The van der Waals surface area contributed by atoms with Crippen LogP contribution in [0.1, 0.15) is 61.9 Å². The van der Waals surface area contributed by atoms with Crippen LogP contribution in [0.3, 0.4) is 0 Å². The topological polar surface area (TPSA) is 62.3 Å². The van der Waals surface area contributed by atoms with Crippen LogP contribution in [0.4, 0.5) is 4.79 Å². The molecule has 2 heterocycles. The quantitative estimate of drug-likeness (QED) is 0.830. The van der Waals surface area contributed by atoms with Crippen LogP contribution in [0.2, 0.25) is 0 Å². The molecule has 1 aliphatic heterocycles. The van der Waals surface area contributed by atoms with Crippen LogP contribution in [0.25, 0.3) is 0 Å². The molecule has 1 saturated heterocycles. The van der Waals surface area contributed by atoms with Crippen LogP contribution >= 0.6 is 0 Å². The number of aromatic nitrogens is 1. The fourth-order valence-electron chi connectivity index (χ4n) is 6.66. The van der Waals surface area contributed by atoms with Gasteiger partial charge >= 0.3 is 6.03 Å². The Labute approximate surface area is 160 Å². The van der Waals surface area contributed by atoms with Gasteiger partial charge in [0.05, 0.1) is 0 Å². The van der Waals surface area contributed by atoms with Crippen molar-refractivity contribution in [3.63, 3.8) is 0 Å². The number of urea groups is 1. The minimum atomic E-state index is -0.129. The predicted molar refractivity (Wildman–Crippen MR) is 102 cm³/mol. The molecule has 4 saturated carbocycles. The Balaban J connectivity index is 1.25. The molecule has 6 rings (SSSR count). The van der Waals surface area contributed by atoms with Crippen LogP contribution in [0.5, 0.6) is 0 Å². The fraction of sp³-hybridized carbons (Fsp3) is 0.682. The van der Waals surface area contributed by atoms with Crippen LogP contribution < -0.4 is 5.32 Å². The van der Waals surface area contributed by atoms with Gasteiger partial charge in [0.25, 0.3) is 0 Å². The lowest BCUT2D eigenvalue weighted by Gasteiger charge is -2.57. The van der Waals surface area contributed by atoms with Crippen LogP contribution in [0, 0.1) is 23.7 Å². The van der Waals surface area contributed by atoms with E-state index in [-0.39, 0.29) is 23.3 Å². The van der Waals surface area contributed by atoms with Crippen molar-refractivity contribution in [1.29, 1.82) is 0 Å². The van der Waals surface area contributed by atoms with Crippen LogP contribution in [-0.4, -0.2) is 40.3 Å². The number of nitrogens with zero attached hydrogens (tertiary/aromatic N) is 2. The van der Waals surface area contributed by atoms with Crippen molar-refractivity contribution in [1.82, 2.24) is 15.2 Å². The lowest BCUT2D eigenvalue weighted by molar-refractivity contribution is -0.0162. The minimum Gasteiger partial charge on any atom is -0.333 e. The number of Topliss-reactive ketones (excluding diaryl/α,β-unsaturated/α-hetero) is 1. The maximum Gasteiger partial charge on any atom is 0.317 e. The predicted octanol–water partition coefficient (Wildman–Crippen LogP) is 3.65. The summed E-state index contributed by atoms with van der Waals surface area (Å²) in [6, 6.07) is 5.50. The van der Waals surface area contributed by atoms with Gasteiger partial charge < -0.3 is 10.2 Å². The largest absolute Gasteiger partial charge is 0.333 e. The Hall–Kier alpha value is -1.91. The maximum absolute atomic E-state index is 13.1. The van der Waals surface area contributed by atoms with E-state index >= 15 is 0 Å². The molecule has 2 amide bonds. The first-order chi connectivity index (χ1) is 13.1. The molecule has 4 aliphatic carbocycles. The highest BCUT2D eigenvalue weighted by molar-refractivity contribution is 5.96. The summed E-state index contributed by atoms with van der Waals surface area (Å²) in [6.07, 6.45) is 11.0. The van der Waals surface area contributed by atoms with Crippen LogP contribution in [0.15, 0.2) is 24.4 Å². The van der Waals surface area contributed by atoms with E-state index in [2.05, 4.69) is 10.3 Å². The molecule has 0 spiro atoms. The van der Waals surface area contributed by atoms with Crippen molar-refractivity contribution in [2.45, 2.75) is 56.9 Å². The van der Waals surface area contributed by atoms with Gasteiger partial charge in [-0.15, -0.1) is 0 Å². The van der Waals surface area contributed by atoms with Crippen molar-refractivity contribution < 1.29 is 9.59 Å². The van der Waals surface area contributed by atoms with Crippen molar-refractivity contribution in [3.8, 4) is 0 Å². The van der Waals surface area contributed by atoms with Gasteiger partial charge in [0.15, 0.2) is 5.78 Å². The van der Waals surface area contributed by atoms with E-state index in [1.54, 1.807) is 12.3 Å². The minimum absolute atomic E-state index is 0.0315. The summed E-state index contributed by atoms with van der Waals surface area (Å²) >= 11 is 0. The number of rotatable bonds is 3. The van der Waals surface area contributed by atoms with Crippen molar-refractivity contribution in [2.75, 3.05) is 13.1 Å². The van der Waals surface area contributed by atoms with E-state index in [0.29, 0.717) is 12.2 Å². The average Bonchev–Trinajstić information content (AvgIpc) is 2.67. The molecule has 5 aliphatic rings. The molecular weight excluding hydrogens is 338 g/mol. The second-order valence-electron chi connectivity index (χ2n) is 9.49. The maximum atomic E-state index is 13.1. The Kier molecular flexibility index (Phi) is 4.21. The van der Waals surface area contributed by atoms with Gasteiger partial charge in [0.1, 0.15) is 5.69 Å². The third kappa shape index (κ3) is 3.26. The first kappa shape index (κ1) is 17.2. The summed E-state index contributed by atoms with van der Waals surface area (Å²) in [5.41, 5.74) is 0.551. The lowest BCUT2D eigenvalue weighted by Crippen LogP contribution is -2.62. The van der Waals surface area contributed by atoms with E-state index in [4.69, 9.17) is 0 Å². The molecule has 0 aromatic carbocycles. The molecule has 144 valence electrons. The van der Waals surface area contributed by atoms with Gasteiger partial charge in [-0.3, -0.25) is 9.78 Å². The van der Waals surface area contributed by atoms with Crippen LogP contribution in [-0.2, 0) is 0 Å². The van der Waals surface area contributed by atoms with Crippen molar-refractivity contribution in [3.05, 3.63) is 30.1 Å². The van der Waals surface area contributed by atoms with Gasteiger partial charge in [-0.2, -0.15) is 0 Å². The highest BCUT2D eigenvalue weighted by Crippen LogP contribution is 2.55. The summed E-state index contributed by atoms with van der Waals surface area (Å²) in [6.45, 7) is 1.28. The first-order valence-electron chi connectivity index (χ1n) is 10.6. The monoisotopic (exact) mass is 367 g/mol. The molecule has 5 nitrogen and oxygen atoms in total. The van der Waals surface area contributed by atoms with Gasteiger partial charge in [0, 0.05) is 30.7 Å². The lowest BCUT2D eigenvalue weighted by atomic mass is 9.53. The number of ketones is 1. The molecule has 1 N–H and O–H groups in total. The molecule has 1 aromatic heterocycles. The number of hydrogen-bond donors (Lipinski definition) is 1. The second-order valence-corrected chi connectivity index (χ2v) is 9.49. The van der Waals surface area contributed by atoms with E-state index in [0.717, 1.165) is 56.4 Å². The number of carbonyl (C=O) groups excluding carboxylic acids is 2. The van der Waals surface area contributed by atoms with Gasteiger partial charge in [-0.1, -0.05) is 6.07 Å². The smallest absolute Gasteiger partial charge is 0.317 e. The summed E-state index contributed by atoms with van der Waals surface area (Å²) in [4.78, 5) is 31.9. The van der Waals surface area contributed by atoms with Crippen molar-refractivity contribution >= 4 is 11.8 Å². The zero-order valence-electron chi connectivity index (χ0n) is 15.9. The van der Waals surface area contributed by atoms with Gasteiger partial charge in [-0.25, -0.2) is 4.79 Å². The Morgan fingerprint density at radius 3 is 2.41 bits per heavy atom. The first-order valence-corrected chi connectivity index (χ1v) is 10.6. The SMILES string of the molecule is O=C(c1ccccn1)C1CCCN(C(=O)NC23CC4CC(CC(C4)C2)C3)C1. The Morgan fingerprint density at radius 1 is 1.07 bits per heavy atom. The van der Waals surface area contributed by atoms with E-state index in [1.807, 2.05) is 17.0 Å². The molecule has 0 radical (unpaired) electrons. The normalized spacial score (nSPS) is 37.3. The van der Waals surface area contributed by atoms with E-state index in [1.165, 1.54) is 19.3 Å². The van der Waals surface area contributed by atoms with Gasteiger partial charge in [-0.05, 0) is 81.3 Å². The highest BCUT2D eigenvalue weighted by Gasteiger charge is 2.52. The number of pyridine rings is 1. The Bertz CT molecular complexity index is 697. The highest BCUT2D eigenvalue weighted by atomic mass is 16.2. The number of amides is 2. The third-order valence-electron chi connectivity index (χ3n) is 7.41. The number of likely N-dealkylation sites (tertiary alicyclic amines) is 1. The number of carbonyl (C=O) groups is 2. The molecule has 1 unspecified atom stereocenters. The second kappa shape index (κ2) is 6.61. The number of nitrogens with one attached hydrogen (secondary N) is 1. The summed E-state index contributed by atoms with van der Waals surface area (Å²) in [5.74, 6) is 2.39. The zero-order chi connectivity index (χ0) is 18.4.